The fourth-order valence-corrected chi connectivity index (χ4v) is 3.32. The summed E-state index contributed by atoms with van der Waals surface area (Å²) >= 11 is 10.7. The van der Waals surface area contributed by atoms with Crippen molar-refractivity contribution in [2.45, 2.75) is 6.92 Å². The van der Waals surface area contributed by atoms with Gasteiger partial charge in [-0.15, -0.1) is 0 Å². The summed E-state index contributed by atoms with van der Waals surface area (Å²) in [7, 11) is 0. The zero-order valence-corrected chi connectivity index (χ0v) is 15.7. The van der Waals surface area contributed by atoms with E-state index in [1.54, 1.807) is 6.07 Å². The number of anilines is 3. The number of pyridine rings is 1. The number of nitrogens with zero attached hydrogens (tertiary/aromatic N) is 2. The SMILES string of the molecule is Cc1cccc(Cl)c1NC(=O)c1cnc(Nc2cccc(Br)n2)s1. The number of carbonyl (C=O) groups excluding carboxylic acids is 1. The third-order valence-corrected chi connectivity index (χ3v) is 4.81. The van der Waals surface area contributed by atoms with Gasteiger partial charge in [0.15, 0.2) is 5.13 Å². The van der Waals surface area contributed by atoms with Crippen molar-refractivity contribution in [1.82, 2.24) is 9.97 Å². The molecule has 24 heavy (non-hydrogen) atoms. The van der Waals surface area contributed by atoms with E-state index >= 15 is 0 Å². The van der Waals surface area contributed by atoms with Crippen LogP contribution in [0.3, 0.4) is 0 Å². The van der Waals surface area contributed by atoms with Crippen LogP contribution in [0.1, 0.15) is 15.2 Å². The Morgan fingerprint density at radius 2 is 2.04 bits per heavy atom. The van der Waals surface area contributed by atoms with Crippen molar-refractivity contribution >= 4 is 61.4 Å². The Labute approximate surface area is 156 Å². The van der Waals surface area contributed by atoms with Crippen LogP contribution in [0.2, 0.25) is 5.02 Å². The van der Waals surface area contributed by atoms with E-state index in [1.807, 2.05) is 37.3 Å². The number of aromatic nitrogens is 2. The van der Waals surface area contributed by atoms with Crippen molar-refractivity contribution in [3.8, 4) is 0 Å². The van der Waals surface area contributed by atoms with Crippen molar-refractivity contribution in [2.75, 3.05) is 10.6 Å². The molecule has 0 spiro atoms. The summed E-state index contributed by atoms with van der Waals surface area (Å²) in [6, 6.07) is 11.0. The average molecular weight is 424 g/mol. The smallest absolute Gasteiger partial charge is 0.267 e. The van der Waals surface area contributed by atoms with Crippen LogP contribution in [0.15, 0.2) is 47.2 Å². The highest BCUT2D eigenvalue weighted by Gasteiger charge is 2.14. The number of aryl methyl sites for hydroxylation is 1. The molecule has 1 aromatic carbocycles. The number of thiazole rings is 1. The largest absolute Gasteiger partial charge is 0.320 e. The molecule has 5 nitrogen and oxygen atoms in total. The molecule has 0 fully saturated rings. The minimum absolute atomic E-state index is 0.251. The summed E-state index contributed by atoms with van der Waals surface area (Å²) in [6.45, 7) is 1.89. The minimum Gasteiger partial charge on any atom is -0.320 e. The molecule has 0 unspecified atom stereocenters. The third-order valence-electron chi connectivity index (χ3n) is 3.14. The first-order valence-corrected chi connectivity index (χ1v) is 8.93. The molecule has 0 saturated heterocycles. The number of carbonyl (C=O) groups is 1. The quantitative estimate of drug-likeness (QED) is 0.562. The van der Waals surface area contributed by atoms with Crippen molar-refractivity contribution in [3.63, 3.8) is 0 Å². The lowest BCUT2D eigenvalue weighted by Crippen LogP contribution is -2.11. The van der Waals surface area contributed by atoms with Gasteiger partial charge in [-0.25, -0.2) is 9.97 Å². The average Bonchev–Trinajstić information content (AvgIpc) is 2.99. The summed E-state index contributed by atoms with van der Waals surface area (Å²) in [5.74, 6) is 0.395. The van der Waals surface area contributed by atoms with Crippen LogP contribution in [0.25, 0.3) is 0 Å². The molecule has 0 radical (unpaired) electrons. The Morgan fingerprint density at radius 3 is 2.79 bits per heavy atom. The Hall–Kier alpha value is -1.96. The zero-order chi connectivity index (χ0) is 17.1. The van der Waals surface area contributed by atoms with Gasteiger partial charge < -0.3 is 10.6 Å². The molecule has 3 rings (SSSR count). The number of halogens is 2. The van der Waals surface area contributed by atoms with E-state index in [2.05, 4.69) is 36.5 Å². The van der Waals surface area contributed by atoms with E-state index in [9.17, 15) is 4.79 Å². The van der Waals surface area contributed by atoms with Gasteiger partial charge in [0.2, 0.25) is 0 Å². The van der Waals surface area contributed by atoms with E-state index < -0.39 is 0 Å². The lowest BCUT2D eigenvalue weighted by atomic mass is 10.2. The summed E-state index contributed by atoms with van der Waals surface area (Å²) in [5, 5.41) is 6.99. The number of rotatable bonds is 4. The Morgan fingerprint density at radius 1 is 1.25 bits per heavy atom. The predicted molar refractivity (Wildman–Crippen MR) is 101 cm³/mol. The van der Waals surface area contributed by atoms with E-state index in [1.165, 1.54) is 17.5 Å². The summed E-state index contributed by atoms with van der Waals surface area (Å²) in [6.07, 6.45) is 1.52. The fourth-order valence-electron chi connectivity index (χ4n) is 1.99. The van der Waals surface area contributed by atoms with Crippen molar-refractivity contribution in [1.29, 1.82) is 0 Å². The van der Waals surface area contributed by atoms with Crippen LogP contribution < -0.4 is 10.6 Å². The Balaban J connectivity index is 1.74. The first-order valence-electron chi connectivity index (χ1n) is 6.95. The van der Waals surface area contributed by atoms with Gasteiger partial charge in [0.1, 0.15) is 15.3 Å². The second-order valence-electron chi connectivity index (χ2n) is 4.89. The lowest BCUT2D eigenvalue weighted by Gasteiger charge is -2.08. The zero-order valence-electron chi connectivity index (χ0n) is 12.5. The van der Waals surface area contributed by atoms with Gasteiger partial charge in [0.05, 0.1) is 16.9 Å². The number of amides is 1. The van der Waals surface area contributed by atoms with E-state index in [4.69, 9.17) is 11.6 Å². The minimum atomic E-state index is -0.251. The molecule has 0 aliphatic carbocycles. The molecule has 2 N–H and O–H groups in total. The third kappa shape index (κ3) is 3.92. The molecule has 3 aromatic rings. The maximum Gasteiger partial charge on any atom is 0.267 e. The molecule has 8 heteroatoms. The summed E-state index contributed by atoms with van der Waals surface area (Å²) in [5.41, 5.74) is 1.51. The number of para-hydroxylation sites is 1. The highest BCUT2D eigenvalue weighted by atomic mass is 79.9. The maximum atomic E-state index is 12.4. The first-order chi connectivity index (χ1) is 11.5. The molecule has 122 valence electrons. The maximum absolute atomic E-state index is 12.4. The molecule has 0 bridgehead atoms. The molecule has 2 aromatic heterocycles. The van der Waals surface area contributed by atoms with Crippen LogP contribution in [0.5, 0.6) is 0 Å². The van der Waals surface area contributed by atoms with Crippen LogP contribution >= 0.6 is 38.9 Å². The van der Waals surface area contributed by atoms with Crippen LogP contribution in [0, 0.1) is 6.92 Å². The van der Waals surface area contributed by atoms with Crippen molar-refractivity contribution in [2.24, 2.45) is 0 Å². The first kappa shape index (κ1) is 16.9. The number of hydrogen-bond acceptors (Lipinski definition) is 5. The molecule has 0 aliphatic heterocycles. The van der Waals surface area contributed by atoms with Gasteiger partial charge in [0, 0.05) is 0 Å². The lowest BCUT2D eigenvalue weighted by molar-refractivity contribution is 0.103. The highest BCUT2D eigenvalue weighted by molar-refractivity contribution is 9.10. The molecule has 1 amide bonds. The van der Waals surface area contributed by atoms with E-state index in [0.29, 0.717) is 26.5 Å². The van der Waals surface area contributed by atoms with Gasteiger partial charge in [-0.3, -0.25) is 4.79 Å². The van der Waals surface area contributed by atoms with Crippen molar-refractivity contribution < 1.29 is 4.79 Å². The number of benzene rings is 1. The van der Waals surface area contributed by atoms with Gasteiger partial charge in [-0.1, -0.05) is 41.1 Å². The standard InChI is InChI=1S/C16H12BrClN4OS/c1-9-4-2-5-10(18)14(9)22-15(23)11-8-19-16(24-11)21-13-7-3-6-12(17)20-13/h2-8H,1H3,(H,22,23)(H,19,20,21). The highest BCUT2D eigenvalue weighted by Crippen LogP contribution is 2.27. The molecular formula is C16H12BrClN4OS. The number of nitrogens with one attached hydrogen (secondary N) is 2. The second kappa shape index (κ2) is 7.29. The van der Waals surface area contributed by atoms with E-state index in [0.717, 1.165) is 10.2 Å². The number of hydrogen-bond donors (Lipinski definition) is 2. The molecular weight excluding hydrogens is 412 g/mol. The molecule has 0 atom stereocenters. The monoisotopic (exact) mass is 422 g/mol. The second-order valence-corrected chi connectivity index (χ2v) is 7.14. The van der Waals surface area contributed by atoms with Crippen LogP contribution in [-0.2, 0) is 0 Å². The Kier molecular flexibility index (Phi) is 5.13. The van der Waals surface area contributed by atoms with E-state index in [-0.39, 0.29) is 5.91 Å². The van der Waals surface area contributed by atoms with Gasteiger partial charge in [0.25, 0.3) is 5.91 Å². The summed E-state index contributed by atoms with van der Waals surface area (Å²) in [4.78, 5) is 21.3. The van der Waals surface area contributed by atoms with Crippen LogP contribution in [0.4, 0.5) is 16.6 Å². The Bertz CT molecular complexity index is 879. The predicted octanol–water partition coefficient (Wildman–Crippen LogP) is 5.26. The molecule has 0 saturated carbocycles. The van der Waals surface area contributed by atoms with Gasteiger partial charge >= 0.3 is 0 Å². The molecule has 0 aliphatic rings. The topological polar surface area (TPSA) is 66.9 Å². The fraction of sp³-hybridized carbons (Fsp3) is 0.0625. The van der Waals surface area contributed by atoms with Crippen LogP contribution in [-0.4, -0.2) is 15.9 Å². The van der Waals surface area contributed by atoms with Crippen molar-refractivity contribution in [3.05, 3.63) is 62.7 Å². The molecule has 2 heterocycles. The normalized spacial score (nSPS) is 10.5. The summed E-state index contributed by atoms with van der Waals surface area (Å²) < 4.78 is 0.719. The van der Waals surface area contributed by atoms with Gasteiger partial charge in [-0.2, -0.15) is 0 Å². The van der Waals surface area contributed by atoms with Gasteiger partial charge in [-0.05, 0) is 46.6 Å².